The van der Waals surface area contributed by atoms with Crippen LogP contribution in [0.1, 0.15) is 17.3 Å². The van der Waals surface area contributed by atoms with Crippen molar-refractivity contribution in [1.82, 2.24) is 4.98 Å². The van der Waals surface area contributed by atoms with Crippen LogP contribution in [-0.2, 0) is 0 Å². The molecule has 0 bridgehead atoms. The van der Waals surface area contributed by atoms with Crippen molar-refractivity contribution in [3.05, 3.63) is 41.2 Å². The predicted octanol–water partition coefficient (Wildman–Crippen LogP) is 3.68. The molecule has 0 radical (unpaired) electrons. The third-order valence-electron chi connectivity index (χ3n) is 1.95. The largest absolute Gasteiger partial charge is 0.440 e. The van der Waals surface area contributed by atoms with Crippen LogP contribution in [0, 0.1) is 0 Å². The Kier molecular flexibility index (Phi) is 3.31. The van der Waals surface area contributed by atoms with E-state index in [-0.39, 0.29) is 5.78 Å². The van der Waals surface area contributed by atoms with Gasteiger partial charge in [0.15, 0.2) is 5.78 Å². The van der Waals surface area contributed by atoms with Crippen molar-refractivity contribution in [3.8, 4) is 0 Å². The summed E-state index contributed by atoms with van der Waals surface area (Å²) in [5.74, 6) is -0.00502. The SMILES string of the molecule is CC(=O)c1ccc(Sc2ncco2)c(Cl)c1. The smallest absolute Gasteiger partial charge is 0.260 e. The van der Waals surface area contributed by atoms with E-state index < -0.39 is 0 Å². The van der Waals surface area contributed by atoms with Crippen molar-refractivity contribution in [2.24, 2.45) is 0 Å². The molecule has 1 aromatic carbocycles. The Bertz CT molecular complexity index is 511. The molecule has 2 aromatic rings. The second-order valence-electron chi connectivity index (χ2n) is 3.10. The number of carbonyl (C=O) groups excluding carboxylic acids is 1. The summed E-state index contributed by atoms with van der Waals surface area (Å²) < 4.78 is 5.10. The molecule has 0 unspecified atom stereocenters. The Hall–Kier alpha value is -1.26. The van der Waals surface area contributed by atoms with Crippen LogP contribution in [-0.4, -0.2) is 10.8 Å². The van der Waals surface area contributed by atoms with Crippen LogP contribution in [0.25, 0.3) is 0 Å². The third-order valence-corrected chi connectivity index (χ3v) is 3.32. The Morgan fingerprint density at radius 3 is 2.88 bits per heavy atom. The van der Waals surface area contributed by atoms with Gasteiger partial charge in [-0.2, -0.15) is 0 Å². The Balaban J connectivity index is 2.26. The van der Waals surface area contributed by atoms with Gasteiger partial charge in [0.1, 0.15) is 6.26 Å². The normalized spacial score (nSPS) is 10.4. The molecule has 0 spiro atoms. The number of oxazole rings is 1. The van der Waals surface area contributed by atoms with Gasteiger partial charge in [-0.1, -0.05) is 17.7 Å². The second-order valence-corrected chi connectivity index (χ2v) is 4.50. The highest BCUT2D eigenvalue weighted by molar-refractivity contribution is 7.99. The molecular weight excluding hydrogens is 246 g/mol. The van der Waals surface area contributed by atoms with Crippen LogP contribution in [0.15, 0.2) is 45.2 Å². The molecule has 0 aliphatic carbocycles. The lowest BCUT2D eigenvalue weighted by Crippen LogP contribution is -1.91. The monoisotopic (exact) mass is 253 g/mol. The molecule has 0 N–H and O–H groups in total. The molecule has 0 atom stereocenters. The van der Waals surface area contributed by atoms with Crippen molar-refractivity contribution in [3.63, 3.8) is 0 Å². The number of benzene rings is 1. The number of rotatable bonds is 3. The molecule has 16 heavy (non-hydrogen) atoms. The number of Topliss-reactive ketones (excluding diaryl/α,β-unsaturated/α-hetero) is 1. The summed E-state index contributed by atoms with van der Waals surface area (Å²) >= 11 is 7.37. The fraction of sp³-hybridized carbons (Fsp3) is 0.0909. The lowest BCUT2D eigenvalue weighted by molar-refractivity contribution is 0.101. The van der Waals surface area contributed by atoms with E-state index in [1.165, 1.54) is 24.9 Å². The van der Waals surface area contributed by atoms with E-state index in [4.69, 9.17) is 16.0 Å². The maximum Gasteiger partial charge on any atom is 0.260 e. The molecule has 0 aliphatic rings. The second kappa shape index (κ2) is 4.72. The molecule has 0 amide bonds. The fourth-order valence-electron chi connectivity index (χ4n) is 1.16. The topological polar surface area (TPSA) is 43.1 Å². The highest BCUT2D eigenvalue weighted by Gasteiger charge is 2.08. The van der Waals surface area contributed by atoms with E-state index in [1.807, 2.05) is 0 Å². The molecule has 0 saturated heterocycles. The molecular formula is C11H8ClNO2S. The molecule has 0 fully saturated rings. The van der Waals surface area contributed by atoms with E-state index in [0.717, 1.165) is 4.90 Å². The lowest BCUT2D eigenvalue weighted by Gasteiger charge is -2.02. The number of nitrogens with zero attached hydrogens (tertiary/aromatic N) is 1. The summed E-state index contributed by atoms with van der Waals surface area (Å²) in [6.07, 6.45) is 3.07. The summed E-state index contributed by atoms with van der Waals surface area (Å²) in [6, 6.07) is 5.17. The van der Waals surface area contributed by atoms with E-state index >= 15 is 0 Å². The summed E-state index contributed by atoms with van der Waals surface area (Å²) in [5.41, 5.74) is 0.599. The first kappa shape index (κ1) is 11.2. The molecule has 1 aromatic heterocycles. The molecule has 82 valence electrons. The van der Waals surface area contributed by atoms with Gasteiger partial charge in [0.25, 0.3) is 5.22 Å². The molecule has 2 rings (SSSR count). The number of halogens is 1. The zero-order valence-electron chi connectivity index (χ0n) is 8.44. The van der Waals surface area contributed by atoms with Crippen LogP contribution >= 0.6 is 23.4 Å². The predicted molar refractivity (Wildman–Crippen MR) is 62.1 cm³/mol. The minimum atomic E-state index is -0.00502. The first-order chi connectivity index (χ1) is 7.66. The van der Waals surface area contributed by atoms with Crippen molar-refractivity contribution >= 4 is 29.1 Å². The number of hydrogen-bond donors (Lipinski definition) is 0. The van der Waals surface area contributed by atoms with Gasteiger partial charge in [0, 0.05) is 10.5 Å². The quantitative estimate of drug-likeness (QED) is 0.783. The average Bonchev–Trinajstić information content (AvgIpc) is 2.73. The number of hydrogen-bond acceptors (Lipinski definition) is 4. The van der Waals surface area contributed by atoms with Gasteiger partial charge in [-0.15, -0.1) is 0 Å². The van der Waals surface area contributed by atoms with Gasteiger partial charge in [0.05, 0.1) is 11.2 Å². The standard InChI is InChI=1S/C11H8ClNO2S/c1-7(14)8-2-3-10(9(12)6-8)16-11-13-4-5-15-11/h2-6H,1H3. The summed E-state index contributed by atoms with van der Waals surface area (Å²) in [7, 11) is 0. The van der Waals surface area contributed by atoms with Crippen LogP contribution in [0.2, 0.25) is 5.02 Å². The van der Waals surface area contributed by atoms with E-state index in [1.54, 1.807) is 24.4 Å². The van der Waals surface area contributed by atoms with Gasteiger partial charge in [-0.3, -0.25) is 4.79 Å². The van der Waals surface area contributed by atoms with E-state index in [9.17, 15) is 4.79 Å². The minimum absolute atomic E-state index is 0.00502. The maximum atomic E-state index is 11.1. The number of carbonyl (C=O) groups is 1. The Labute approximate surface area is 102 Å². The summed E-state index contributed by atoms with van der Waals surface area (Å²) in [4.78, 5) is 15.9. The van der Waals surface area contributed by atoms with Crippen LogP contribution in [0.5, 0.6) is 0 Å². The molecule has 5 heteroatoms. The van der Waals surface area contributed by atoms with Gasteiger partial charge >= 0.3 is 0 Å². The fourth-order valence-corrected chi connectivity index (χ4v) is 2.15. The van der Waals surface area contributed by atoms with E-state index in [0.29, 0.717) is 15.8 Å². The molecule has 3 nitrogen and oxygen atoms in total. The zero-order valence-corrected chi connectivity index (χ0v) is 10.0. The zero-order chi connectivity index (χ0) is 11.5. The first-order valence-corrected chi connectivity index (χ1v) is 5.74. The first-order valence-electron chi connectivity index (χ1n) is 4.54. The van der Waals surface area contributed by atoms with Gasteiger partial charge in [-0.05, 0) is 30.8 Å². The van der Waals surface area contributed by atoms with Crippen LogP contribution in [0.4, 0.5) is 0 Å². The maximum absolute atomic E-state index is 11.1. The van der Waals surface area contributed by atoms with Gasteiger partial charge in [0.2, 0.25) is 0 Å². The van der Waals surface area contributed by atoms with Crippen molar-refractivity contribution in [1.29, 1.82) is 0 Å². The van der Waals surface area contributed by atoms with Gasteiger partial charge < -0.3 is 4.42 Å². The minimum Gasteiger partial charge on any atom is -0.440 e. The summed E-state index contributed by atoms with van der Waals surface area (Å²) in [5, 5.41) is 1.05. The van der Waals surface area contributed by atoms with Gasteiger partial charge in [-0.25, -0.2) is 4.98 Å². The third kappa shape index (κ3) is 2.46. The van der Waals surface area contributed by atoms with Crippen LogP contribution < -0.4 is 0 Å². The van der Waals surface area contributed by atoms with Crippen molar-refractivity contribution in [2.75, 3.05) is 0 Å². The number of ketones is 1. The molecule has 1 heterocycles. The Morgan fingerprint density at radius 2 is 2.31 bits per heavy atom. The van der Waals surface area contributed by atoms with Crippen molar-refractivity contribution < 1.29 is 9.21 Å². The highest BCUT2D eigenvalue weighted by atomic mass is 35.5. The Morgan fingerprint density at radius 1 is 1.50 bits per heavy atom. The highest BCUT2D eigenvalue weighted by Crippen LogP contribution is 2.32. The average molecular weight is 254 g/mol. The summed E-state index contributed by atoms with van der Waals surface area (Å²) in [6.45, 7) is 1.51. The lowest BCUT2D eigenvalue weighted by atomic mass is 10.1. The molecule has 0 saturated carbocycles. The van der Waals surface area contributed by atoms with Crippen LogP contribution in [0.3, 0.4) is 0 Å². The van der Waals surface area contributed by atoms with Crippen molar-refractivity contribution in [2.45, 2.75) is 17.0 Å². The molecule has 0 aliphatic heterocycles. The number of aromatic nitrogens is 1. The van der Waals surface area contributed by atoms with E-state index in [2.05, 4.69) is 4.98 Å².